The first kappa shape index (κ1) is 20.6. The number of ether oxygens (including phenoxy) is 1. The molecule has 6 heteroatoms. The monoisotopic (exact) mass is 406 g/mol. The molecule has 2 aromatic carbocycles. The maximum atomic E-state index is 12.4. The maximum Gasteiger partial charge on any atom is 0.348 e. The van der Waals surface area contributed by atoms with Crippen molar-refractivity contribution < 1.29 is 14.8 Å². The molecule has 0 aliphatic carbocycles. The van der Waals surface area contributed by atoms with Crippen LogP contribution in [-0.2, 0) is 11.3 Å². The fourth-order valence-electron chi connectivity index (χ4n) is 3.30. The standard InChI is InChI=1S/C23H23N3O2S/c1-3-28-23(27)21-19(18(13-24)22(25)29-21)14-26-20(16-7-5-4-6-8-16)17-11-9-15(2)10-12-17/h4-12,20,26H,3,14,25H2,1-2H3/p+1/t20-/m1/s1. The molecule has 0 aliphatic rings. The van der Waals surface area contributed by atoms with Crippen LogP contribution in [0.3, 0.4) is 0 Å². The van der Waals surface area contributed by atoms with E-state index in [0.717, 1.165) is 22.5 Å². The Morgan fingerprint density at radius 1 is 1.17 bits per heavy atom. The smallest absolute Gasteiger partial charge is 0.348 e. The number of anilines is 1. The summed E-state index contributed by atoms with van der Waals surface area (Å²) in [6.07, 6.45) is 0. The zero-order chi connectivity index (χ0) is 20.8. The minimum Gasteiger partial charge on any atom is -0.462 e. The lowest BCUT2D eigenvalue weighted by Gasteiger charge is -2.17. The van der Waals surface area contributed by atoms with Crippen LogP contribution in [0.1, 0.15) is 50.5 Å². The molecule has 3 rings (SSSR count). The van der Waals surface area contributed by atoms with E-state index in [4.69, 9.17) is 10.5 Å². The van der Waals surface area contributed by atoms with Gasteiger partial charge in [0.25, 0.3) is 0 Å². The highest BCUT2D eigenvalue weighted by Crippen LogP contribution is 2.31. The van der Waals surface area contributed by atoms with E-state index in [2.05, 4.69) is 54.7 Å². The van der Waals surface area contributed by atoms with Crippen LogP contribution in [0.2, 0.25) is 0 Å². The fraction of sp³-hybridized carbons (Fsp3) is 0.217. The number of quaternary nitrogens is 1. The zero-order valence-corrected chi connectivity index (χ0v) is 17.3. The summed E-state index contributed by atoms with van der Waals surface area (Å²) in [4.78, 5) is 12.8. The summed E-state index contributed by atoms with van der Waals surface area (Å²) in [5.74, 6) is -0.430. The van der Waals surface area contributed by atoms with E-state index >= 15 is 0 Å². The molecule has 0 radical (unpaired) electrons. The first-order chi connectivity index (χ1) is 14.0. The predicted molar refractivity (Wildman–Crippen MR) is 114 cm³/mol. The number of nitrogen functional groups attached to an aromatic ring is 1. The molecule has 0 fully saturated rings. The molecule has 0 amide bonds. The number of carbonyl (C=O) groups is 1. The summed E-state index contributed by atoms with van der Waals surface area (Å²) < 4.78 is 5.16. The van der Waals surface area contributed by atoms with Crippen molar-refractivity contribution in [2.24, 2.45) is 0 Å². The number of nitriles is 1. The number of hydrogen-bond acceptors (Lipinski definition) is 5. The molecule has 0 spiro atoms. The van der Waals surface area contributed by atoms with Crippen LogP contribution in [-0.4, -0.2) is 12.6 Å². The van der Waals surface area contributed by atoms with Gasteiger partial charge in [0.05, 0.1) is 17.7 Å². The highest BCUT2D eigenvalue weighted by atomic mass is 32.1. The van der Waals surface area contributed by atoms with Gasteiger partial charge in [-0.15, -0.1) is 11.3 Å². The van der Waals surface area contributed by atoms with Gasteiger partial charge in [0.1, 0.15) is 28.5 Å². The van der Waals surface area contributed by atoms with Crippen LogP contribution in [0.4, 0.5) is 5.00 Å². The Morgan fingerprint density at radius 3 is 2.45 bits per heavy atom. The van der Waals surface area contributed by atoms with Gasteiger partial charge in [-0.05, 0) is 13.8 Å². The van der Waals surface area contributed by atoms with Gasteiger partial charge < -0.3 is 15.8 Å². The largest absolute Gasteiger partial charge is 0.462 e. The van der Waals surface area contributed by atoms with Gasteiger partial charge in [0, 0.05) is 11.1 Å². The van der Waals surface area contributed by atoms with E-state index in [1.807, 2.05) is 18.2 Å². The molecule has 1 heterocycles. The maximum absolute atomic E-state index is 12.4. The Morgan fingerprint density at radius 2 is 1.83 bits per heavy atom. The molecule has 3 aromatic rings. The van der Waals surface area contributed by atoms with Crippen LogP contribution in [0, 0.1) is 18.3 Å². The molecule has 29 heavy (non-hydrogen) atoms. The number of nitrogens with zero attached hydrogens (tertiary/aromatic N) is 1. The normalized spacial score (nSPS) is 11.6. The molecule has 0 saturated carbocycles. The van der Waals surface area contributed by atoms with Gasteiger partial charge in [-0.25, -0.2) is 4.79 Å². The second-order valence-corrected chi connectivity index (χ2v) is 7.77. The van der Waals surface area contributed by atoms with Crippen molar-refractivity contribution in [2.45, 2.75) is 26.4 Å². The second kappa shape index (κ2) is 9.37. The van der Waals surface area contributed by atoms with E-state index in [1.54, 1.807) is 6.92 Å². The molecule has 0 bridgehead atoms. The Labute approximate surface area is 174 Å². The summed E-state index contributed by atoms with van der Waals surface area (Å²) >= 11 is 1.12. The van der Waals surface area contributed by atoms with Crippen LogP contribution >= 0.6 is 11.3 Å². The molecule has 148 valence electrons. The lowest BCUT2D eigenvalue weighted by atomic mass is 9.97. The molecular formula is C23H24N3O2S+. The second-order valence-electron chi connectivity index (χ2n) is 6.72. The fourth-order valence-corrected chi connectivity index (χ4v) is 4.24. The molecule has 1 atom stereocenters. The van der Waals surface area contributed by atoms with Crippen LogP contribution in [0.15, 0.2) is 54.6 Å². The lowest BCUT2D eigenvalue weighted by molar-refractivity contribution is -0.702. The lowest BCUT2D eigenvalue weighted by Crippen LogP contribution is -2.84. The Kier molecular flexibility index (Phi) is 6.65. The van der Waals surface area contributed by atoms with Gasteiger partial charge in [0.15, 0.2) is 0 Å². The SMILES string of the molecule is CCOC(=O)c1sc(N)c(C#N)c1C[NH2+][C@H](c1ccccc1)c1ccc(C)cc1. The number of benzene rings is 2. The Balaban J connectivity index is 1.95. The molecule has 5 nitrogen and oxygen atoms in total. The number of thiophene rings is 1. The summed E-state index contributed by atoms with van der Waals surface area (Å²) in [6.45, 7) is 4.54. The molecule has 0 unspecified atom stereocenters. The average molecular weight is 407 g/mol. The van der Waals surface area contributed by atoms with Crippen molar-refractivity contribution in [2.75, 3.05) is 12.3 Å². The Hall–Kier alpha value is -3.14. The summed E-state index contributed by atoms with van der Waals surface area (Å²) in [6, 6.07) is 20.8. The summed E-state index contributed by atoms with van der Waals surface area (Å²) in [5, 5.41) is 12.0. The van der Waals surface area contributed by atoms with Crippen molar-refractivity contribution in [3.63, 3.8) is 0 Å². The van der Waals surface area contributed by atoms with Crippen LogP contribution in [0.5, 0.6) is 0 Å². The van der Waals surface area contributed by atoms with Gasteiger partial charge in [0.2, 0.25) is 0 Å². The number of rotatable bonds is 7. The highest BCUT2D eigenvalue weighted by Gasteiger charge is 2.26. The van der Waals surface area contributed by atoms with Crippen molar-refractivity contribution in [1.82, 2.24) is 0 Å². The van der Waals surface area contributed by atoms with Crippen LogP contribution in [0.25, 0.3) is 0 Å². The number of esters is 1. The van der Waals surface area contributed by atoms with Crippen LogP contribution < -0.4 is 11.1 Å². The van der Waals surface area contributed by atoms with Crippen molar-refractivity contribution in [1.29, 1.82) is 5.26 Å². The van der Waals surface area contributed by atoms with E-state index in [9.17, 15) is 10.1 Å². The first-order valence-electron chi connectivity index (χ1n) is 9.48. The van der Waals surface area contributed by atoms with E-state index in [0.29, 0.717) is 27.5 Å². The van der Waals surface area contributed by atoms with E-state index in [-0.39, 0.29) is 12.6 Å². The minimum atomic E-state index is -0.430. The third kappa shape index (κ3) is 4.65. The number of hydrogen-bond donors (Lipinski definition) is 2. The quantitative estimate of drug-likeness (QED) is 0.587. The topological polar surface area (TPSA) is 92.7 Å². The number of carbonyl (C=O) groups excluding carboxylic acids is 1. The first-order valence-corrected chi connectivity index (χ1v) is 10.3. The third-order valence-corrected chi connectivity index (χ3v) is 5.80. The third-order valence-electron chi connectivity index (χ3n) is 4.76. The van der Waals surface area contributed by atoms with E-state index < -0.39 is 5.97 Å². The van der Waals surface area contributed by atoms with Crippen molar-refractivity contribution in [3.8, 4) is 6.07 Å². The Bertz CT molecular complexity index is 1020. The van der Waals surface area contributed by atoms with Gasteiger partial charge in [-0.2, -0.15) is 5.26 Å². The van der Waals surface area contributed by atoms with Gasteiger partial charge in [-0.3, -0.25) is 0 Å². The van der Waals surface area contributed by atoms with Gasteiger partial charge in [-0.1, -0.05) is 60.2 Å². The molecule has 0 saturated heterocycles. The minimum absolute atomic E-state index is 0.0273. The summed E-state index contributed by atoms with van der Waals surface area (Å²) in [5.41, 5.74) is 10.5. The van der Waals surface area contributed by atoms with Crippen molar-refractivity contribution in [3.05, 3.63) is 87.3 Å². The summed E-state index contributed by atoms with van der Waals surface area (Å²) in [7, 11) is 0. The van der Waals surface area contributed by atoms with Crippen molar-refractivity contribution >= 4 is 22.3 Å². The number of aryl methyl sites for hydroxylation is 1. The molecule has 1 aromatic heterocycles. The number of nitrogens with two attached hydrogens (primary N) is 2. The molecule has 0 aliphatic heterocycles. The zero-order valence-electron chi connectivity index (χ0n) is 16.5. The average Bonchev–Trinajstić information content (AvgIpc) is 3.06. The predicted octanol–water partition coefficient (Wildman–Crippen LogP) is 3.54. The van der Waals surface area contributed by atoms with Gasteiger partial charge >= 0.3 is 5.97 Å². The molecule has 4 N–H and O–H groups in total. The molecular weight excluding hydrogens is 382 g/mol. The van der Waals surface area contributed by atoms with E-state index in [1.165, 1.54) is 5.56 Å². The highest BCUT2D eigenvalue weighted by molar-refractivity contribution is 7.18.